The summed E-state index contributed by atoms with van der Waals surface area (Å²) in [6.07, 6.45) is 2.40. The fraction of sp³-hybridized carbons (Fsp3) is 1.00. The van der Waals surface area contributed by atoms with Gasteiger partial charge in [0.05, 0.1) is 11.5 Å². The monoisotopic (exact) mass is 150 g/mol. The van der Waals surface area contributed by atoms with E-state index >= 15 is 0 Å². The molecule has 0 aliphatic heterocycles. The second-order valence-electron chi connectivity index (χ2n) is 2.28. The summed E-state index contributed by atoms with van der Waals surface area (Å²) >= 11 is 5.78. The van der Waals surface area contributed by atoms with Crippen LogP contribution in [0.2, 0.25) is 0 Å². The van der Waals surface area contributed by atoms with Crippen LogP contribution in [-0.2, 0) is 0 Å². The Labute approximate surface area is 62.0 Å². The predicted octanol–water partition coefficient (Wildman–Crippen LogP) is 2.16. The van der Waals surface area contributed by atoms with Gasteiger partial charge in [-0.05, 0) is 12.8 Å². The van der Waals surface area contributed by atoms with Crippen LogP contribution in [0.25, 0.3) is 0 Å². The topological polar surface area (TPSA) is 20.2 Å². The standard InChI is InChI=1S/C7H15ClO/c1-3-5-6(8)7(9)4-2/h6-7,9H,3-5H2,1-2H3. The molecule has 2 atom stereocenters. The number of aliphatic hydroxyl groups is 1. The van der Waals surface area contributed by atoms with Crippen molar-refractivity contribution in [2.24, 2.45) is 0 Å². The molecule has 0 aliphatic carbocycles. The van der Waals surface area contributed by atoms with Gasteiger partial charge in [0.25, 0.3) is 0 Å². The molecule has 0 aromatic rings. The minimum absolute atomic E-state index is 0.0417. The van der Waals surface area contributed by atoms with Crippen LogP contribution in [0, 0.1) is 0 Å². The molecule has 0 amide bonds. The van der Waals surface area contributed by atoms with Gasteiger partial charge in [-0.3, -0.25) is 0 Å². The van der Waals surface area contributed by atoms with E-state index in [0.717, 1.165) is 19.3 Å². The van der Waals surface area contributed by atoms with Gasteiger partial charge in [0.2, 0.25) is 0 Å². The van der Waals surface area contributed by atoms with Crippen molar-refractivity contribution in [1.82, 2.24) is 0 Å². The van der Waals surface area contributed by atoms with Crippen molar-refractivity contribution in [3.05, 3.63) is 0 Å². The summed E-state index contributed by atoms with van der Waals surface area (Å²) in [7, 11) is 0. The number of aliphatic hydroxyl groups excluding tert-OH is 1. The van der Waals surface area contributed by atoms with Crippen molar-refractivity contribution < 1.29 is 5.11 Å². The maximum atomic E-state index is 9.13. The van der Waals surface area contributed by atoms with E-state index in [4.69, 9.17) is 16.7 Å². The Balaban J connectivity index is 3.32. The van der Waals surface area contributed by atoms with Crippen molar-refractivity contribution in [2.75, 3.05) is 0 Å². The molecule has 2 heteroatoms. The average Bonchev–Trinajstić information content (AvgIpc) is 1.87. The van der Waals surface area contributed by atoms with Crippen LogP contribution in [0.5, 0.6) is 0 Å². The lowest BCUT2D eigenvalue weighted by molar-refractivity contribution is 0.161. The molecular weight excluding hydrogens is 136 g/mol. The number of halogens is 1. The zero-order chi connectivity index (χ0) is 7.28. The Kier molecular flexibility index (Phi) is 5.21. The summed E-state index contributed by atoms with van der Waals surface area (Å²) in [5, 5.41) is 9.08. The van der Waals surface area contributed by atoms with Crippen LogP contribution >= 0.6 is 11.6 Å². The molecule has 0 fully saturated rings. The molecule has 0 aromatic heterocycles. The molecule has 0 spiro atoms. The zero-order valence-electron chi connectivity index (χ0n) is 6.10. The van der Waals surface area contributed by atoms with Gasteiger partial charge in [-0.2, -0.15) is 0 Å². The first-order valence-corrected chi connectivity index (χ1v) is 3.98. The third-order valence-electron chi connectivity index (χ3n) is 1.40. The molecule has 0 bridgehead atoms. The van der Waals surface area contributed by atoms with E-state index < -0.39 is 0 Å². The van der Waals surface area contributed by atoms with Crippen molar-refractivity contribution in [1.29, 1.82) is 0 Å². The van der Waals surface area contributed by atoms with Gasteiger partial charge in [-0.15, -0.1) is 11.6 Å². The highest BCUT2D eigenvalue weighted by molar-refractivity contribution is 6.21. The third kappa shape index (κ3) is 3.77. The summed E-state index contributed by atoms with van der Waals surface area (Å²) < 4.78 is 0. The van der Waals surface area contributed by atoms with E-state index in [0.29, 0.717) is 0 Å². The Hall–Kier alpha value is 0.250. The Morgan fingerprint density at radius 2 is 2.00 bits per heavy atom. The van der Waals surface area contributed by atoms with Gasteiger partial charge in [-0.25, -0.2) is 0 Å². The molecule has 0 saturated carbocycles. The van der Waals surface area contributed by atoms with Crippen molar-refractivity contribution in [3.63, 3.8) is 0 Å². The van der Waals surface area contributed by atoms with E-state index in [-0.39, 0.29) is 11.5 Å². The summed E-state index contributed by atoms with van der Waals surface area (Å²) in [6, 6.07) is 0. The second-order valence-corrected chi connectivity index (χ2v) is 2.84. The second kappa shape index (κ2) is 5.07. The van der Waals surface area contributed by atoms with Gasteiger partial charge < -0.3 is 5.11 Å². The van der Waals surface area contributed by atoms with Crippen LogP contribution < -0.4 is 0 Å². The van der Waals surface area contributed by atoms with E-state index in [9.17, 15) is 0 Å². The van der Waals surface area contributed by atoms with Crippen LogP contribution in [0.3, 0.4) is 0 Å². The van der Waals surface area contributed by atoms with Crippen LogP contribution in [-0.4, -0.2) is 16.6 Å². The van der Waals surface area contributed by atoms with E-state index in [2.05, 4.69) is 6.92 Å². The molecule has 0 saturated heterocycles. The highest BCUT2D eigenvalue weighted by atomic mass is 35.5. The van der Waals surface area contributed by atoms with Crippen LogP contribution in [0.1, 0.15) is 33.1 Å². The number of hydrogen-bond acceptors (Lipinski definition) is 1. The van der Waals surface area contributed by atoms with Crippen molar-refractivity contribution in [2.45, 2.75) is 44.6 Å². The van der Waals surface area contributed by atoms with E-state index in [1.165, 1.54) is 0 Å². The minimum atomic E-state index is -0.313. The van der Waals surface area contributed by atoms with Crippen molar-refractivity contribution >= 4 is 11.6 Å². The minimum Gasteiger partial charge on any atom is -0.392 e. The van der Waals surface area contributed by atoms with Crippen molar-refractivity contribution in [3.8, 4) is 0 Å². The molecule has 0 aromatic carbocycles. The summed E-state index contributed by atoms with van der Waals surface area (Å²) in [5.41, 5.74) is 0. The maximum absolute atomic E-state index is 9.13. The van der Waals surface area contributed by atoms with Gasteiger partial charge >= 0.3 is 0 Å². The molecule has 9 heavy (non-hydrogen) atoms. The fourth-order valence-corrected chi connectivity index (χ4v) is 1.12. The summed E-state index contributed by atoms with van der Waals surface area (Å²) in [5.74, 6) is 0. The number of rotatable bonds is 4. The SMILES string of the molecule is CCCC(Cl)C(O)CC. The smallest absolute Gasteiger partial charge is 0.0701 e. The lowest BCUT2D eigenvalue weighted by atomic mass is 10.1. The lowest BCUT2D eigenvalue weighted by Crippen LogP contribution is -2.18. The lowest BCUT2D eigenvalue weighted by Gasteiger charge is -2.12. The van der Waals surface area contributed by atoms with E-state index in [1.807, 2.05) is 6.92 Å². The number of hydrogen-bond donors (Lipinski definition) is 1. The first-order valence-electron chi connectivity index (χ1n) is 3.54. The first-order chi connectivity index (χ1) is 4.22. The molecule has 1 nitrogen and oxygen atoms in total. The molecular formula is C7H15ClO. The van der Waals surface area contributed by atoms with Crippen LogP contribution in [0.4, 0.5) is 0 Å². The molecule has 1 N–H and O–H groups in total. The third-order valence-corrected chi connectivity index (χ3v) is 1.91. The van der Waals surface area contributed by atoms with Gasteiger partial charge in [0.1, 0.15) is 0 Å². The zero-order valence-corrected chi connectivity index (χ0v) is 6.86. The summed E-state index contributed by atoms with van der Waals surface area (Å²) in [4.78, 5) is 0. The van der Waals surface area contributed by atoms with Gasteiger partial charge in [-0.1, -0.05) is 20.3 Å². The average molecular weight is 151 g/mol. The Bertz CT molecular complexity index is 65.9. The highest BCUT2D eigenvalue weighted by Gasteiger charge is 2.11. The normalized spacial score (nSPS) is 17.3. The Morgan fingerprint density at radius 3 is 2.33 bits per heavy atom. The number of alkyl halides is 1. The fourth-order valence-electron chi connectivity index (χ4n) is 0.724. The largest absolute Gasteiger partial charge is 0.392 e. The van der Waals surface area contributed by atoms with Crippen LogP contribution in [0.15, 0.2) is 0 Å². The molecule has 0 rings (SSSR count). The van der Waals surface area contributed by atoms with Gasteiger partial charge in [0.15, 0.2) is 0 Å². The van der Waals surface area contributed by atoms with E-state index in [1.54, 1.807) is 0 Å². The first kappa shape index (κ1) is 9.25. The Morgan fingerprint density at radius 1 is 1.44 bits per heavy atom. The highest BCUT2D eigenvalue weighted by Crippen LogP contribution is 2.11. The quantitative estimate of drug-likeness (QED) is 0.609. The van der Waals surface area contributed by atoms with Gasteiger partial charge in [0, 0.05) is 0 Å². The summed E-state index contributed by atoms with van der Waals surface area (Å²) in [6.45, 7) is 4.01. The molecule has 56 valence electrons. The maximum Gasteiger partial charge on any atom is 0.0701 e. The molecule has 0 heterocycles. The molecule has 0 radical (unpaired) electrons. The molecule has 2 unspecified atom stereocenters. The predicted molar refractivity (Wildman–Crippen MR) is 40.8 cm³/mol. The molecule has 0 aliphatic rings.